The lowest BCUT2D eigenvalue weighted by Crippen LogP contribution is -2.21. The molecular weight excluding hydrogens is 322 g/mol. The molecule has 0 aliphatic rings. The number of benzene rings is 2. The van der Waals surface area contributed by atoms with Crippen LogP contribution in [-0.4, -0.2) is 25.5 Å². The van der Waals surface area contributed by atoms with Crippen LogP contribution >= 0.6 is 0 Å². The quantitative estimate of drug-likeness (QED) is 0.581. The van der Waals surface area contributed by atoms with Gasteiger partial charge in [-0.2, -0.15) is 0 Å². The molecule has 0 heterocycles. The minimum absolute atomic E-state index is 0.0420. The smallest absolute Gasteiger partial charge is 0.178 e. The minimum Gasteiger partial charge on any atom is -0.494 e. The van der Waals surface area contributed by atoms with Gasteiger partial charge in [-0.15, -0.1) is 0 Å². The lowest BCUT2D eigenvalue weighted by Gasteiger charge is -2.20. The monoisotopic (exact) mass is 349 g/mol. The number of allylic oxidation sites excluding steroid dienone is 2. The van der Waals surface area contributed by atoms with E-state index in [1.807, 2.05) is 49.4 Å². The Bertz CT molecular complexity index is 756. The number of nitrogens with zero attached hydrogens (tertiary/aromatic N) is 1. The molecule has 0 bridgehead atoms. The summed E-state index contributed by atoms with van der Waals surface area (Å²) >= 11 is 0. The van der Waals surface area contributed by atoms with Crippen LogP contribution in [0.4, 0.5) is 5.69 Å². The Morgan fingerprint density at radius 3 is 2.19 bits per heavy atom. The van der Waals surface area contributed by atoms with Gasteiger partial charge in [0, 0.05) is 18.8 Å². The molecule has 0 atom stereocenters. The standard InChI is InChI=1S/C23H27NO2/c1-4-24(5-2)21-14-10-19(11-15-21)12-16-22(25)17-13-20-8-7-9-23(18-20)26-6-3/h7-18H,4-6H2,1-3H3. The van der Waals surface area contributed by atoms with E-state index in [0.29, 0.717) is 6.61 Å². The van der Waals surface area contributed by atoms with E-state index in [-0.39, 0.29) is 5.78 Å². The van der Waals surface area contributed by atoms with Gasteiger partial charge in [-0.25, -0.2) is 0 Å². The zero-order chi connectivity index (χ0) is 18.8. The van der Waals surface area contributed by atoms with Crippen LogP contribution in [-0.2, 0) is 4.79 Å². The Morgan fingerprint density at radius 1 is 0.923 bits per heavy atom. The number of anilines is 1. The van der Waals surface area contributed by atoms with Gasteiger partial charge in [-0.1, -0.05) is 36.4 Å². The van der Waals surface area contributed by atoms with Crippen LogP contribution in [0.15, 0.2) is 60.7 Å². The van der Waals surface area contributed by atoms with Gasteiger partial charge < -0.3 is 9.64 Å². The van der Waals surface area contributed by atoms with Gasteiger partial charge in [0.15, 0.2) is 5.78 Å². The van der Waals surface area contributed by atoms with E-state index in [9.17, 15) is 4.79 Å². The maximum atomic E-state index is 12.1. The molecule has 0 unspecified atom stereocenters. The van der Waals surface area contributed by atoms with E-state index in [4.69, 9.17) is 4.74 Å². The van der Waals surface area contributed by atoms with Crippen molar-refractivity contribution in [2.45, 2.75) is 20.8 Å². The molecule has 0 amide bonds. The Morgan fingerprint density at radius 2 is 1.58 bits per heavy atom. The third-order valence-corrected chi connectivity index (χ3v) is 4.07. The highest BCUT2D eigenvalue weighted by molar-refractivity contribution is 6.04. The predicted molar refractivity (Wildman–Crippen MR) is 111 cm³/mol. The van der Waals surface area contributed by atoms with Crippen molar-refractivity contribution in [3.05, 3.63) is 71.8 Å². The molecule has 0 aromatic heterocycles. The molecule has 0 N–H and O–H groups in total. The van der Waals surface area contributed by atoms with Crippen LogP contribution in [0, 0.1) is 0 Å². The van der Waals surface area contributed by atoms with Crippen molar-refractivity contribution >= 4 is 23.6 Å². The molecule has 3 heteroatoms. The highest BCUT2D eigenvalue weighted by Gasteiger charge is 2.00. The average Bonchev–Trinajstić information content (AvgIpc) is 2.67. The summed E-state index contributed by atoms with van der Waals surface area (Å²) in [4.78, 5) is 14.3. The van der Waals surface area contributed by atoms with Gasteiger partial charge in [0.25, 0.3) is 0 Å². The summed E-state index contributed by atoms with van der Waals surface area (Å²) in [6.45, 7) is 8.84. The van der Waals surface area contributed by atoms with Crippen LogP contribution in [0.5, 0.6) is 5.75 Å². The molecule has 0 saturated carbocycles. The topological polar surface area (TPSA) is 29.5 Å². The van der Waals surface area contributed by atoms with E-state index < -0.39 is 0 Å². The second-order valence-electron chi connectivity index (χ2n) is 5.84. The number of carbonyl (C=O) groups is 1. The van der Waals surface area contributed by atoms with Gasteiger partial charge in [0.05, 0.1) is 6.61 Å². The molecule has 0 radical (unpaired) electrons. The molecule has 0 aliphatic carbocycles. The second-order valence-corrected chi connectivity index (χ2v) is 5.84. The Balaban J connectivity index is 1.97. The molecular formula is C23H27NO2. The lowest BCUT2D eigenvalue weighted by molar-refractivity contribution is -0.110. The number of hydrogen-bond donors (Lipinski definition) is 0. The summed E-state index contributed by atoms with van der Waals surface area (Å²) in [6.07, 6.45) is 6.81. The fourth-order valence-corrected chi connectivity index (χ4v) is 2.67. The summed E-state index contributed by atoms with van der Waals surface area (Å²) in [7, 11) is 0. The van der Waals surface area contributed by atoms with Gasteiger partial charge in [0.2, 0.25) is 0 Å². The molecule has 136 valence electrons. The molecule has 2 aromatic carbocycles. The third-order valence-electron chi connectivity index (χ3n) is 4.07. The van der Waals surface area contributed by atoms with Crippen LogP contribution in [0.3, 0.4) is 0 Å². The first-order chi connectivity index (χ1) is 12.7. The van der Waals surface area contributed by atoms with Crippen LogP contribution in [0.25, 0.3) is 12.2 Å². The average molecular weight is 349 g/mol. The summed E-state index contributed by atoms with van der Waals surface area (Å²) in [5.74, 6) is 0.769. The molecule has 0 fully saturated rings. The highest BCUT2D eigenvalue weighted by atomic mass is 16.5. The van der Waals surface area contributed by atoms with Crippen LogP contribution in [0.1, 0.15) is 31.9 Å². The number of ether oxygens (including phenoxy) is 1. The Hall–Kier alpha value is -2.81. The van der Waals surface area contributed by atoms with Crippen molar-refractivity contribution in [2.24, 2.45) is 0 Å². The Labute approximate surface area is 156 Å². The van der Waals surface area contributed by atoms with E-state index in [2.05, 4.69) is 30.9 Å². The van der Waals surface area contributed by atoms with Gasteiger partial charge in [-0.3, -0.25) is 4.79 Å². The van der Waals surface area contributed by atoms with Crippen LogP contribution < -0.4 is 9.64 Å². The molecule has 0 aliphatic heterocycles. The van der Waals surface area contributed by atoms with Crippen LogP contribution in [0.2, 0.25) is 0 Å². The zero-order valence-corrected chi connectivity index (χ0v) is 15.8. The van der Waals surface area contributed by atoms with Crippen molar-refractivity contribution in [1.29, 1.82) is 0 Å². The first-order valence-electron chi connectivity index (χ1n) is 9.14. The molecule has 3 nitrogen and oxygen atoms in total. The first kappa shape index (κ1) is 19.5. The van der Waals surface area contributed by atoms with E-state index in [0.717, 1.165) is 30.0 Å². The van der Waals surface area contributed by atoms with Crippen molar-refractivity contribution < 1.29 is 9.53 Å². The molecule has 0 saturated heterocycles. The minimum atomic E-state index is -0.0420. The van der Waals surface area contributed by atoms with Gasteiger partial charge >= 0.3 is 0 Å². The van der Waals surface area contributed by atoms with Crippen molar-refractivity contribution in [3.8, 4) is 5.75 Å². The van der Waals surface area contributed by atoms with E-state index in [1.165, 1.54) is 5.69 Å². The first-order valence-corrected chi connectivity index (χ1v) is 9.14. The maximum absolute atomic E-state index is 12.1. The summed E-state index contributed by atoms with van der Waals surface area (Å²) in [5, 5.41) is 0. The SMILES string of the molecule is CCOc1cccc(C=CC(=O)C=Cc2ccc(N(CC)CC)cc2)c1. The highest BCUT2D eigenvalue weighted by Crippen LogP contribution is 2.16. The van der Waals surface area contributed by atoms with E-state index in [1.54, 1.807) is 18.2 Å². The normalized spacial score (nSPS) is 11.2. The molecule has 2 aromatic rings. The predicted octanol–water partition coefficient (Wildman–Crippen LogP) is 5.23. The fraction of sp³-hybridized carbons (Fsp3) is 0.261. The molecule has 0 spiro atoms. The van der Waals surface area contributed by atoms with E-state index >= 15 is 0 Å². The zero-order valence-electron chi connectivity index (χ0n) is 15.8. The Kier molecular flexibility index (Phi) is 7.69. The van der Waals surface area contributed by atoms with Crippen molar-refractivity contribution in [2.75, 3.05) is 24.6 Å². The number of rotatable bonds is 9. The summed E-state index contributed by atoms with van der Waals surface area (Å²) < 4.78 is 5.46. The molecule has 26 heavy (non-hydrogen) atoms. The van der Waals surface area contributed by atoms with Gasteiger partial charge in [0.1, 0.15) is 5.75 Å². The van der Waals surface area contributed by atoms with Gasteiger partial charge in [-0.05, 0) is 68.3 Å². The fourth-order valence-electron chi connectivity index (χ4n) is 2.67. The largest absolute Gasteiger partial charge is 0.494 e. The number of hydrogen-bond acceptors (Lipinski definition) is 3. The van der Waals surface area contributed by atoms with Crippen molar-refractivity contribution in [1.82, 2.24) is 0 Å². The number of carbonyl (C=O) groups excluding carboxylic acids is 1. The summed E-state index contributed by atoms with van der Waals surface area (Å²) in [6, 6.07) is 15.9. The second kappa shape index (κ2) is 10.2. The molecule has 2 rings (SSSR count). The number of ketones is 1. The van der Waals surface area contributed by atoms with Crippen molar-refractivity contribution in [3.63, 3.8) is 0 Å². The summed E-state index contributed by atoms with van der Waals surface area (Å²) in [5.41, 5.74) is 3.16. The third kappa shape index (κ3) is 5.92. The maximum Gasteiger partial charge on any atom is 0.178 e. The lowest BCUT2D eigenvalue weighted by atomic mass is 10.1.